The standard InChI is InChI=1S/C26H36N2O6/c1-3-31-17-19-33-23-13-9-21(10-14-23)27-25(29)7-5-6-8-26(30)28-22-11-15-24(16-12-22)34-20-18-32-4-2/h9-16H,3-8,17-20H2,1-2H3,(H,27,29)(H,28,30). The van der Waals surface area contributed by atoms with E-state index in [1.807, 2.05) is 38.1 Å². The van der Waals surface area contributed by atoms with Crippen LogP contribution in [0.3, 0.4) is 0 Å². The molecule has 0 spiro atoms. The summed E-state index contributed by atoms with van der Waals surface area (Å²) in [5.41, 5.74) is 1.43. The van der Waals surface area contributed by atoms with E-state index < -0.39 is 0 Å². The van der Waals surface area contributed by atoms with Crippen molar-refractivity contribution in [2.75, 3.05) is 50.3 Å². The number of anilines is 2. The normalized spacial score (nSPS) is 10.5. The minimum atomic E-state index is -0.0784. The maximum atomic E-state index is 12.1. The average molecular weight is 473 g/mol. The summed E-state index contributed by atoms with van der Waals surface area (Å²) in [4.78, 5) is 24.3. The predicted molar refractivity (Wildman–Crippen MR) is 133 cm³/mol. The molecule has 0 aliphatic heterocycles. The van der Waals surface area contributed by atoms with E-state index in [1.165, 1.54) is 0 Å². The minimum Gasteiger partial charge on any atom is -0.491 e. The Morgan fingerprint density at radius 2 is 1.00 bits per heavy atom. The van der Waals surface area contributed by atoms with Crippen molar-refractivity contribution < 1.29 is 28.5 Å². The van der Waals surface area contributed by atoms with Crippen LogP contribution in [0.15, 0.2) is 48.5 Å². The first-order valence-corrected chi connectivity index (χ1v) is 11.8. The first-order chi connectivity index (χ1) is 16.6. The van der Waals surface area contributed by atoms with Crippen LogP contribution in [-0.4, -0.2) is 51.5 Å². The fourth-order valence-corrected chi connectivity index (χ4v) is 3.01. The third-order valence-electron chi connectivity index (χ3n) is 4.73. The van der Waals surface area contributed by atoms with Crippen molar-refractivity contribution in [2.45, 2.75) is 39.5 Å². The van der Waals surface area contributed by atoms with E-state index in [1.54, 1.807) is 24.3 Å². The predicted octanol–water partition coefficient (Wildman–Crippen LogP) is 4.65. The van der Waals surface area contributed by atoms with E-state index in [4.69, 9.17) is 18.9 Å². The van der Waals surface area contributed by atoms with Gasteiger partial charge in [0.05, 0.1) is 13.2 Å². The van der Waals surface area contributed by atoms with Gasteiger partial charge in [-0.05, 0) is 75.2 Å². The second-order valence-corrected chi connectivity index (χ2v) is 7.44. The van der Waals surface area contributed by atoms with Crippen molar-refractivity contribution >= 4 is 23.2 Å². The molecular formula is C26H36N2O6. The van der Waals surface area contributed by atoms with Crippen molar-refractivity contribution in [3.05, 3.63) is 48.5 Å². The first kappa shape index (κ1) is 27.1. The summed E-state index contributed by atoms with van der Waals surface area (Å²) < 4.78 is 21.6. The smallest absolute Gasteiger partial charge is 0.224 e. The van der Waals surface area contributed by atoms with Gasteiger partial charge < -0.3 is 29.6 Å². The number of hydrogen-bond acceptors (Lipinski definition) is 6. The summed E-state index contributed by atoms with van der Waals surface area (Å²) in [5.74, 6) is 1.30. The topological polar surface area (TPSA) is 95.1 Å². The molecule has 2 aromatic carbocycles. The third kappa shape index (κ3) is 11.7. The highest BCUT2D eigenvalue weighted by atomic mass is 16.5. The Labute approximate surface area is 201 Å². The molecule has 0 heterocycles. The van der Waals surface area contributed by atoms with Crippen LogP contribution in [0.4, 0.5) is 11.4 Å². The van der Waals surface area contributed by atoms with Crippen molar-refractivity contribution in [3.63, 3.8) is 0 Å². The molecule has 8 heteroatoms. The van der Waals surface area contributed by atoms with Gasteiger partial charge in [-0.1, -0.05) is 0 Å². The van der Waals surface area contributed by atoms with Gasteiger partial charge in [0.2, 0.25) is 11.8 Å². The quantitative estimate of drug-likeness (QED) is 0.325. The van der Waals surface area contributed by atoms with Gasteiger partial charge in [-0.2, -0.15) is 0 Å². The van der Waals surface area contributed by atoms with Crippen molar-refractivity contribution in [3.8, 4) is 11.5 Å². The van der Waals surface area contributed by atoms with Gasteiger partial charge in [-0.15, -0.1) is 0 Å². The largest absolute Gasteiger partial charge is 0.491 e. The molecule has 0 saturated carbocycles. The molecule has 0 aliphatic rings. The lowest BCUT2D eigenvalue weighted by Gasteiger charge is -2.09. The molecule has 0 aliphatic carbocycles. The van der Waals surface area contributed by atoms with E-state index in [9.17, 15) is 9.59 Å². The van der Waals surface area contributed by atoms with Crippen LogP contribution in [0.5, 0.6) is 11.5 Å². The van der Waals surface area contributed by atoms with Crippen LogP contribution in [0, 0.1) is 0 Å². The highest BCUT2D eigenvalue weighted by Gasteiger charge is 2.06. The van der Waals surface area contributed by atoms with Gasteiger partial charge in [-0.25, -0.2) is 0 Å². The summed E-state index contributed by atoms with van der Waals surface area (Å²) in [7, 11) is 0. The molecule has 0 unspecified atom stereocenters. The molecule has 186 valence electrons. The Balaban J connectivity index is 1.58. The number of amides is 2. The Hall–Kier alpha value is -3.10. The maximum Gasteiger partial charge on any atom is 0.224 e. The molecule has 2 amide bonds. The van der Waals surface area contributed by atoms with Crippen LogP contribution in [0.1, 0.15) is 39.5 Å². The van der Waals surface area contributed by atoms with E-state index in [0.717, 1.165) is 11.5 Å². The monoisotopic (exact) mass is 472 g/mol. The average Bonchev–Trinajstić information content (AvgIpc) is 2.84. The van der Waals surface area contributed by atoms with Crippen LogP contribution >= 0.6 is 0 Å². The van der Waals surface area contributed by atoms with Gasteiger partial charge in [0.1, 0.15) is 24.7 Å². The second kappa shape index (κ2) is 16.5. The Morgan fingerprint density at radius 1 is 0.618 bits per heavy atom. The second-order valence-electron chi connectivity index (χ2n) is 7.44. The molecule has 0 aromatic heterocycles. The molecule has 0 radical (unpaired) electrons. The van der Waals surface area contributed by atoms with Gasteiger partial charge in [0.25, 0.3) is 0 Å². The molecule has 34 heavy (non-hydrogen) atoms. The lowest BCUT2D eigenvalue weighted by Crippen LogP contribution is -2.13. The van der Waals surface area contributed by atoms with Crippen LogP contribution in [-0.2, 0) is 19.1 Å². The van der Waals surface area contributed by atoms with Crippen LogP contribution in [0.2, 0.25) is 0 Å². The number of benzene rings is 2. The summed E-state index contributed by atoms with van der Waals surface area (Å²) >= 11 is 0. The number of unbranched alkanes of at least 4 members (excludes halogenated alkanes) is 1. The fourth-order valence-electron chi connectivity index (χ4n) is 3.01. The molecule has 2 aromatic rings. The van der Waals surface area contributed by atoms with Crippen LogP contribution < -0.4 is 20.1 Å². The molecule has 2 N–H and O–H groups in total. The van der Waals surface area contributed by atoms with Crippen molar-refractivity contribution in [1.29, 1.82) is 0 Å². The van der Waals surface area contributed by atoms with E-state index in [2.05, 4.69) is 10.6 Å². The van der Waals surface area contributed by atoms with Gasteiger partial charge in [0.15, 0.2) is 0 Å². The highest BCUT2D eigenvalue weighted by molar-refractivity contribution is 5.91. The first-order valence-electron chi connectivity index (χ1n) is 11.8. The summed E-state index contributed by atoms with van der Waals surface area (Å²) in [6.07, 6.45) is 1.97. The Bertz CT molecular complexity index is 768. The summed E-state index contributed by atoms with van der Waals surface area (Å²) in [6, 6.07) is 14.5. The summed E-state index contributed by atoms with van der Waals surface area (Å²) in [5, 5.41) is 5.72. The lowest BCUT2D eigenvalue weighted by molar-refractivity contribution is -0.118. The third-order valence-corrected chi connectivity index (χ3v) is 4.73. The molecule has 0 atom stereocenters. The fraction of sp³-hybridized carbons (Fsp3) is 0.462. The van der Waals surface area contributed by atoms with Gasteiger partial charge in [-0.3, -0.25) is 9.59 Å². The number of carbonyl (C=O) groups excluding carboxylic acids is 2. The zero-order valence-electron chi connectivity index (χ0n) is 20.1. The number of carbonyl (C=O) groups is 2. The van der Waals surface area contributed by atoms with Gasteiger partial charge in [0, 0.05) is 37.4 Å². The molecule has 2 rings (SSSR count). The summed E-state index contributed by atoms with van der Waals surface area (Å²) in [6.45, 7) is 7.28. The zero-order valence-corrected chi connectivity index (χ0v) is 20.1. The highest BCUT2D eigenvalue weighted by Crippen LogP contribution is 2.17. The molecule has 0 fully saturated rings. The molecule has 0 saturated heterocycles. The van der Waals surface area contributed by atoms with E-state index >= 15 is 0 Å². The van der Waals surface area contributed by atoms with Gasteiger partial charge >= 0.3 is 0 Å². The van der Waals surface area contributed by atoms with E-state index in [0.29, 0.717) is 76.7 Å². The number of nitrogens with one attached hydrogen (secondary N) is 2. The molecular weight excluding hydrogens is 436 g/mol. The zero-order chi connectivity index (χ0) is 24.4. The van der Waals surface area contributed by atoms with E-state index in [-0.39, 0.29) is 11.8 Å². The Morgan fingerprint density at radius 3 is 1.35 bits per heavy atom. The molecule has 8 nitrogen and oxygen atoms in total. The maximum absolute atomic E-state index is 12.1. The van der Waals surface area contributed by atoms with Crippen molar-refractivity contribution in [1.82, 2.24) is 0 Å². The lowest BCUT2D eigenvalue weighted by atomic mass is 10.1. The SMILES string of the molecule is CCOCCOc1ccc(NC(=O)CCCCC(=O)Nc2ccc(OCCOCC)cc2)cc1. The number of ether oxygens (including phenoxy) is 4. The number of hydrogen-bond donors (Lipinski definition) is 2. The van der Waals surface area contributed by atoms with Crippen LogP contribution in [0.25, 0.3) is 0 Å². The Kier molecular flexibility index (Phi) is 13.2. The minimum absolute atomic E-state index is 0.0784. The van der Waals surface area contributed by atoms with Crippen molar-refractivity contribution in [2.24, 2.45) is 0 Å². The number of rotatable bonds is 17. The molecule has 0 bridgehead atoms.